The summed E-state index contributed by atoms with van der Waals surface area (Å²) >= 11 is 12.8. The van der Waals surface area contributed by atoms with Crippen molar-refractivity contribution in [3.63, 3.8) is 0 Å². The molecule has 38 heteroatoms. The first-order valence-corrected chi connectivity index (χ1v) is 35.5. The van der Waals surface area contributed by atoms with E-state index >= 15 is 0 Å². The average molecular weight is 1540 g/mol. The number of phenolic OH excluding ortho intramolecular Hbond substituents is 1. The molecule has 0 unspecified atom stereocenters. The van der Waals surface area contributed by atoms with E-state index in [0.29, 0.717) is 0 Å². The number of ether oxygens (including phenoxy) is 27. The molecular formula is C66H100Cl2NO35-. The van der Waals surface area contributed by atoms with Crippen LogP contribution < -0.4 is 4.74 Å². The highest BCUT2D eigenvalue weighted by molar-refractivity contribution is 6.39. The smallest absolute Gasteiger partial charge is 0.342 e. The maximum absolute atomic E-state index is 14.3. The van der Waals surface area contributed by atoms with Gasteiger partial charge in [0.05, 0.1) is 86.6 Å². The van der Waals surface area contributed by atoms with Gasteiger partial charge in [-0.25, -0.2) is 4.79 Å². The monoisotopic (exact) mass is 1540 g/mol. The van der Waals surface area contributed by atoms with E-state index in [2.05, 4.69) is 0 Å². The van der Waals surface area contributed by atoms with Crippen molar-refractivity contribution >= 4 is 29.2 Å². The standard InChI is InChI=1S/C66H100Cl2NO35/c1-25-39(50(81-13)41(68)42(71)40(25)67)58(74)97-46-26(2)89-36(17-33(46)93-37-19-62(8,69(76)77)54(84-16)29(5)90-37)95-45-28(4)100-65(18-32(45)70)103-55-30(6)91-38(20-63(55,9)104-65)96-51-44(73)59(92-27(3)47(51)80-12)98-48-34(21-78-10)94-61(52(82-14)43(48)72)99-60-53(83-15)49-35(22-85-60)101-66(102-49)57-56(86-24-87-57)64(75,23-88-66)31(7)79-11/h26-38,43-49,51-57,59-61,70-73,75-76H,17-24H2,1-16H3/q-1/t26-,27+,28+,29-,30+,31+,32+,33-,34+,35+,36+,37+,38+,43-,44+,45+,46-,47+,48+,49-,51+,52+,53+,54-,55+,56+,57-,59-,60-,61-,62-,63-,64+,65-,66-/m1/s1. The van der Waals surface area contributed by atoms with E-state index < -0.39 is 225 Å². The molecule has 2 spiro atoms. The fourth-order valence-corrected chi connectivity index (χ4v) is 17.1. The number of carbonyl (C=O) groups excluding carboxylic acids is 1. The number of aliphatic hydroxyl groups excluding tert-OH is 3. The van der Waals surface area contributed by atoms with Gasteiger partial charge in [-0.1, -0.05) is 23.2 Å². The van der Waals surface area contributed by atoms with E-state index in [1.807, 2.05) is 0 Å². The Morgan fingerprint density at radius 3 is 2.00 bits per heavy atom. The van der Waals surface area contributed by atoms with Crippen LogP contribution in [0.5, 0.6) is 11.5 Å². The molecule has 11 fully saturated rings. The molecule has 11 aliphatic heterocycles. The van der Waals surface area contributed by atoms with E-state index in [1.54, 1.807) is 48.5 Å². The molecule has 0 amide bonds. The predicted molar refractivity (Wildman–Crippen MR) is 344 cm³/mol. The van der Waals surface area contributed by atoms with Gasteiger partial charge in [0, 0.05) is 61.9 Å². The molecule has 12 rings (SSSR count). The molecule has 0 radical (unpaired) electrons. The first kappa shape index (κ1) is 81.1. The molecule has 35 atom stereocenters. The minimum atomic E-state index is -1.86. The van der Waals surface area contributed by atoms with E-state index in [4.69, 9.17) is 151 Å². The molecule has 6 N–H and O–H groups in total. The number of phenols is 1. The number of nitrogens with zero attached hydrogens (tertiary/aromatic N) is 1. The number of aliphatic hydroxyl groups is 4. The largest absolute Gasteiger partial charge is 0.762 e. The van der Waals surface area contributed by atoms with Crippen LogP contribution in [-0.2, 0) is 123 Å². The van der Waals surface area contributed by atoms with Crippen LogP contribution in [0.1, 0.15) is 97.0 Å². The van der Waals surface area contributed by atoms with Crippen molar-refractivity contribution in [2.45, 2.75) is 301 Å². The molecule has 594 valence electrons. The highest BCUT2D eigenvalue weighted by atomic mass is 35.5. The van der Waals surface area contributed by atoms with E-state index in [-0.39, 0.29) is 84.4 Å². The van der Waals surface area contributed by atoms with Gasteiger partial charge in [-0.3, -0.25) is 5.23 Å². The molecule has 11 aliphatic rings. The molecule has 0 bridgehead atoms. The van der Waals surface area contributed by atoms with Crippen LogP contribution in [-0.4, -0.2) is 331 Å². The fraction of sp³-hybridized carbons (Fsp3) is 0.894. The van der Waals surface area contributed by atoms with E-state index in [9.17, 15) is 40.7 Å². The van der Waals surface area contributed by atoms with Crippen LogP contribution >= 0.6 is 23.2 Å². The third-order valence-electron chi connectivity index (χ3n) is 22.0. The Labute approximate surface area is 610 Å². The zero-order chi connectivity index (χ0) is 75.2. The summed E-state index contributed by atoms with van der Waals surface area (Å²) in [7, 11) is 9.71. The predicted octanol–water partition coefficient (Wildman–Crippen LogP) is 1.68. The fourth-order valence-electron chi connectivity index (χ4n) is 16.6. The highest BCUT2D eigenvalue weighted by Gasteiger charge is 2.71. The third-order valence-corrected chi connectivity index (χ3v) is 22.8. The van der Waals surface area contributed by atoms with E-state index in [1.165, 1.54) is 63.6 Å². The second-order valence-corrected chi connectivity index (χ2v) is 29.5. The van der Waals surface area contributed by atoms with Crippen molar-refractivity contribution in [3.05, 3.63) is 26.4 Å². The van der Waals surface area contributed by atoms with Gasteiger partial charge in [-0.2, -0.15) is 0 Å². The number of halogens is 2. The van der Waals surface area contributed by atoms with Crippen LogP contribution in [0.15, 0.2) is 0 Å². The van der Waals surface area contributed by atoms with Crippen molar-refractivity contribution in [2.75, 3.05) is 76.4 Å². The van der Waals surface area contributed by atoms with Crippen LogP contribution in [0, 0.1) is 12.1 Å². The Bertz CT molecular complexity index is 3090. The SMILES string of the molecule is COC[C@@H]1O[C@H](O[C@H]2OC[C@@H]3O[C@@]4(OC[C@](O)([C@H](C)OC)[C@H]5OCO[C@H]54)O[C@H]3[C@@H]2OC)[C@@H](OC)[C@H](O)[C@H]1O[C@H]1O[C@@H](C)[C@H](OC)[C@@H](O[C@H]2C[C@@]3(C)O[C@@]4(C[C@H](O)[C@@H](O[C@H]5C[C@@H](O[C@H]6C[C@@](C)(N([O-])O)[C@H](OC)[C@@H](C)O6)[C@H](OC(=O)c6c(C)c(Cl)c(O)c(Cl)c6OC)[C@@H](C)O5)[C@H](C)O4)O[C@H]3[C@H](C)O2)[C@@H]1O. The molecule has 1 aromatic carbocycles. The number of hydrogen-bond acceptors (Lipinski definition) is 36. The van der Waals surface area contributed by atoms with Gasteiger partial charge in [-0.05, 0) is 67.9 Å². The van der Waals surface area contributed by atoms with Crippen LogP contribution in [0.2, 0.25) is 10.0 Å². The Morgan fingerprint density at radius 1 is 0.663 bits per heavy atom. The maximum atomic E-state index is 14.3. The summed E-state index contributed by atoms with van der Waals surface area (Å²) < 4.78 is 168. The molecule has 0 saturated carbocycles. The van der Waals surface area contributed by atoms with Gasteiger partial charge in [0.2, 0.25) is 0 Å². The van der Waals surface area contributed by atoms with Gasteiger partial charge >= 0.3 is 11.9 Å². The first-order valence-electron chi connectivity index (χ1n) is 34.8. The molecule has 104 heavy (non-hydrogen) atoms. The Balaban J connectivity index is 0.689. The lowest BCUT2D eigenvalue weighted by Gasteiger charge is -2.53. The van der Waals surface area contributed by atoms with Crippen LogP contribution in [0.4, 0.5) is 0 Å². The van der Waals surface area contributed by atoms with Crippen molar-refractivity contribution in [2.24, 2.45) is 0 Å². The van der Waals surface area contributed by atoms with Gasteiger partial charge in [0.1, 0.15) is 120 Å². The topological polar surface area (TPSA) is 414 Å². The summed E-state index contributed by atoms with van der Waals surface area (Å²) in [5.41, 5.74) is -4.49. The van der Waals surface area contributed by atoms with E-state index in [0.717, 1.165) is 0 Å². The summed E-state index contributed by atoms with van der Waals surface area (Å²) in [5.74, 6) is -5.37. The average Bonchev–Trinajstić information content (AvgIpc) is 1.55. The molecule has 1 aromatic rings. The van der Waals surface area contributed by atoms with Crippen LogP contribution in [0.25, 0.3) is 0 Å². The van der Waals surface area contributed by atoms with Crippen LogP contribution in [0.3, 0.4) is 0 Å². The second kappa shape index (κ2) is 32.0. The number of rotatable bonds is 22. The molecule has 11 heterocycles. The summed E-state index contributed by atoms with van der Waals surface area (Å²) in [6, 6.07) is 0. The molecular weight excluding hydrogens is 1440 g/mol. The van der Waals surface area contributed by atoms with Crippen molar-refractivity contribution in [1.29, 1.82) is 0 Å². The zero-order valence-electron chi connectivity index (χ0n) is 60.7. The number of aromatic hydroxyl groups is 1. The van der Waals surface area contributed by atoms with Gasteiger partial charge < -0.3 is 164 Å². The number of methoxy groups -OCH3 is 7. The van der Waals surface area contributed by atoms with Gasteiger partial charge in [-0.15, -0.1) is 0 Å². The van der Waals surface area contributed by atoms with Crippen molar-refractivity contribution in [3.8, 4) is 11.5 Å². The quantitative estimate of drug-likeness (QED) is 0.0710. The second-order valence-electron chi connectivity index (χ2n) is 28.7. The molecule has 0 aliphatic carbocycles. The summed E-state index contributed by atoms with van der Waals surface area (Å²) in [5, 5.41) is 81.4. The molecule has 36 nitrogen and oxygen atoms in total. The minimum absolute atomic E-state index is 0.00722. The number of benzene rings is 1. The first-order chi connectivity index (χ1) is 49.3. The summed E-state index contributed by atoms with van der Waals surface area (Å²) in [6.07, 6.45) is -33.5. The normalized spacial score (nSPS) is 48.5. The summed E-state index contributed by atoms with van der Waals surface area (Å²) in [4.78, 5) is 14.3. The third kappa shape index (κ3) is 14.8. The Morgan fingerprint density at radius 2 is 1.34 bits per heavy atom. The Hall–Kier alpha value is -2.41. The molecule has 11 saturated heterocycles. The number of carbonyl (C=O) groups is 1. The minimum Gasteiger partial charge on any atom is -0.762 e. The lowest BCUT2D eigenvalue weighted by atomic mass is 9.85. The maximum Gasteiger partial charge on any atom is 0.342 e. The number of fused-ring (bicyclic) bond motifs is 4. The van der Waals surface area contributed by atoms with Gasteiger partial charge in [0.25, 0.3) is 5.97 Å². The van der Waals surface area contributed by atoms with Crippen molar-refractivity contribution < 1.29 is 163 Å². The lowest BCUT2D eigenvalue weighted by Crippen LogP contribution is -2.69. The summed E-state index contributed by atoms with van der Waals surface area (Å²) in [6.45, 7) is 14.1. The van der Waals surface area contributed by atoms with Gasteiger partial charge in [0.15, 0.2) is 61.4 Å². The molecule has 0 aromatic heterocycles. The Kier molecular flexibility index (Phi) is 24.9. The number of hydrogen-bond donors (Lipinski definition) is 6. The number of hydroxylamine groups is 2. The highest BCUT2D eigenvalue weighted by Crippen LogP contribution is 2.53. The number of esters is 1. The van der Waals surface area contributed by atoms with Crippen molar-refractivity contribution in [1.82, 2.24) is 5.23 Å². The lowest BCUT2D eigenvalue weighted by molar-refractivity contribution is -0.422. The zero-order valence-corrected chi connectivity index (χ0v) is 62.2.